The fourth-order valence-corrected chi connectivity index (χ4v) is 1.38. The molecule has 0 atom stereocenters. The molecule has 0 N–H and O–H groups in total. The molecule has 1 aliphatic rings. The first kappa shape index (κ1) is 12.6. The second-order valence-corrected chi connectivity index (χ2v) is 3.89. The second-order valence-electron chi connectivity index (χ2n) is 3.89. The molecule has 1 saturated heterocycles. The van der Waals surface area contributed by atoms with Crippen LogP contribution in [0.1, 0.15) is 39.5 Å². The van der Waals surface area contributed by atoms with Gasteiger partial charge >= 0.3 is 0 Å². The van der Waals surface area contributed by atoms with Crippen molar-refractivity contribution < 1.29 is 19.0 Å². The Morgan fingerprint density at radius 1 is 1.27 bits per heavy atom. The van der Waals surface area contributed by atoms with Gasteiger partial charge in [-0.15, -0.1) is 0 Å². The van der Waals surface area contributed by atoms with Crippen LogP contribution in [-0.2, 0) is 19.0 Å². The zero-order valence-electron chi connectivity index (χ0n) is 9.58. The topological polar surface area (TPSA) is 44.8 Å². The fraction of sp³-hybridized carbons (Fsp3) is 0.909. The first-order valence-electron chi connectivity index (χ1n) is 5.60. The van der Waals surface area contributed by atoms with Crippen molar-refractivity contribution in [3.8, 4) is 0 Å². The highest BCUT2D eigenvalue weighted by Crippen LogP contribution is 2.18. The van der Waals surface area contributed by atoms with Gasteiger partial charge in [0.2, 0.25) is 0 Å². The molecule has 88 valence electrons. The van der Waals surface area contributed by atoms with Crippen molar-refractivity contribution in [2.24, 2.45) is 0 Å². The Morgan fingerprint density at radius 2 is 1.93 bits per heavy atom. The fourth-order valence-electron chi connectivity index (χ4n) is 1.38. The normalized spacial score (nSPS) is 20.5. The number of Topliss-reactive ketones (excluding diaryl/α,β-unsaturated/α-hetero) is 1. The average molecular weight is 216 g/mol. The summed E-state index contributed by atoms with van der Waals surface area (Å²) in [5, 5.41) is 0. The maximum absolute atomic E-state index is 10.9. The molecule has 0 unspecified atom stereocenters. The van der Waals surface area contributed by atoms with Crippen molar-refractivity contribution in [1.29, 1.82) is 0 Å². The predicted molar refractivity (Wildman–Crippen MR) is 55.4 cm³/mol. The van der Waals surface area contributed by atoms with Gasteiger partial charge in [0, 0.05) is 6.92 Å². The van der Waals surface area contributed by atoms with Crippen LogP contribution in [0.5, 0.6) is 0 Å². The largest absolute Gasteiger partial charge is 0.328 e. The summed E-state index contributed by atoms with van der Waals surface area (Å²) in [4.78, 5) is 10.9. The number of carbonyl (C=O) groups is 1. The molecule has 1 fully saturated rings. The van der Waals surface area contributed by atoms with Crippen molar-refractivity contribution in [3.63, 3.8) is 0 Å². The first-order chi connectivity index (χ1) is 7.16. The van der Waals surface area contributed by atoms with Crippen molar-refractivity contribution in [2.75, 3.05) is 19.8 Å². The number of ketones is 1. The highest BCUT2D eigenvalue weighted by Gasteiger charge is 2.32. The second kappa shape index (κ2) is 6.20. The zero-order valence-corrected chi connectivity index (χ0v) is 9.58. The Balaban J connectivity index is 2.11. The molecule has 0 aromatic rings. The summed E-state index contributed by atoms with van der Waals surface area (Å²) in [7, 11) is 0. The Bertz CT molecular complexity index is 193. The van der Waals surface area contributed by atoms with Crippen LogP contribution in [0.15, 0.2) is 0 Å². The molecular formula is C11H20O4. The number of rotatable bonds is 6. The van der Waals surface area contributed by atoms with Crippen LogP contribution >= 0.6 is 0 Å². The maximum Gasteiger partial charge on any atom is 0.280 e. The molecular weight excluding hydrogens is 196 g/mol. The van der Waals surface area contributed by atoms with Crippen LogP contribution in [0.25, 0.3) is 0 Å². The average Bonchev–Trinajstić information content (AvgIpc) is 2.23. The third-order valence-corrected chi connectivity index (χ3v) is 2.35. The number of ether oxygens (including phenoxy) is 3. The van der Waals surface area contributed by atoms with Gasteiger partial charge in [-0.1, -0.05) is 26.2 Å². The summed E-state index contributed by atoms with van der Waals surface area (Å²) >= 11 is 0. The van der Waals surface area contributed by atoms with Crippen molar-refractivity contribution in [2.45, 2.75) is 45.5 Å². The van der Waals surface area contributed by atoms with E-state index in [-0.39, 0.29) is 19.0 Å². The molecule has 4 heteroatoms. The number of carbonyl (C=O) groups excluding carboxylic acids is 1. The maximum atomic E-state index is 10.9. The molecule has 0 bridgehead atoms. The van der Waals surface area contributed by atoms with Crippen molar-refractivity contribution in [3.05, 3.63) is 0 Å². The van der Waals surface area contributed by atoms with Gasteiger partial charge in [-0.05, 0) is 6.42 Å². The van der Waals surface area contributed by atoms with E-state index in [1.807, 2.05) is 0 Å². The third kappa shape index (κ3) is 4.73. The lowest BCUT2D eigenvalue weighted by Crippen LogP contribution is -2.44. The quantitative estimate of drug-likeness (QED) is 0.636. The summed E-state index contributed by atoms with van der Waals surface area (Å²) in [6, 6.07) is 0. The van der Waals surface area contributed by atoms with E-state index in [4.69, 9.17) is 14.2 Å². The summed E-state index contributed by atoms with van der Waals surface area (Å²) in [6.45, 7) is 4.67. The lowest BCUT2D eigenvalue weighted by Gasteiger charge is -2.32. The number of hydrogen-bond donors (Lipinski definition) is 0. The Labute approximate surface area is 90.9 Å². The van der Waals surface area contributed by atoms with Gasteiger partial charge < -0.3 is 14.2 Å². The molecule has 1 rings (SSSR count). The van der Waals surface area contributed by atoms with E-state index in [0.29, 0.717) is 6.61 Å². The van der Waals surface area contributed by atoms with Crippen LogP contribution in [0.3, 0.4) is 0 Å². The molecule has 1 aliphatic heterocycles. The SMILES string of the molecule is CCCCCCOC1(C)OCC(=O)CO1. The zero-order chi connectivity index (χ0) is 11.1. The summed E-state index contributed by atoms with van der Waals surface area (Å²) < 4.78 is 15.8. The molecule has 0 spiro atoms. The van der Waals surface area contributed by atoms with Gasteiger partial charge in [0.1, 0.15) is 13.2 Å². The standard InChI is InChI=1S/C11H20O4/c1-3-4-5-6-7-13-11(2)14-8-10(12)9-15-11/h3-9H2,1-2H3. The van der Waals surface area contributed by atoms with Gasteiger partial charge in [-0.2, -0.15) is 0 Å². The van der Waals surface area contributed by atoms with E-state index in [2.05, 4.69) is 6.92 Å². The smallest absolute Gasteiger partial charge is 0.280 e. The molecule has 0 saturated carbocycles. The van der Waals surface area contributed by atoms with Crippen LogP contribution in [0.4, 0.5) is 0 Å². The van der Waals surface area contributed by atoms with E-state index >= 15 is 0 Å². The molecule has 15 heavy (non-hydrogen) atoms. The summed E-state index contributed by atoms with van der Waals surface area (Å²) in [5.74, 6) is -1.05. The number of hydrogen-bond acceptors (Lipinski definition) is 4. The third-order valence-electron chi connectivity index (χ3n) is 2.35. The molecule has 0 aliphatic carbocycles. The summed E-state index contributed by atoms with van der Waals surface area (Å²) in [6.07, 6.45) is 4.59. The van der Waals surface area contributed by atoms with E-state index in [0.717, 1.165) is 12.8 Å². The van der Waals surface area contributed by atoms with Gasteiger partial charge in [-0.25, -0.2) is 0 Å². The Hall–Kier alpha value is -0.450. The van der Waals surface area contributed by atoms with Crippen LogP contribution in [0.2, 0.25) is 0 Å². The lowest BCUT2D eigenvalue weighted by molar-refractivity contribution is -0.376. The minimum atomic E-state index is -1.01. The van der Waals surface area contributed by atoms with Crippen LogP contribution in [-0.4, -0.2) is 31.6 Å². The molecule has 0 aromatic heterocycles. The van der Waals surface area contributed by atoms with E-state index in [1.54, 1.807) is 6.92 Å². The van der Waals surface area contributed by atoms with Gasteiger partial charge in [-0.3, -0.25) is 4.79 Å². The minimum Gasteiger partial charge on any atom is -0.328 e. The van der Waals surface area contributed by atoms with Gasteiger partial charge in [0.25, 0.3) is 5.97 Å². The van der Waals surface area contributed by atoms with Gasteiger partial charge in [0.15, 0.2) is 5.78 Å². The lowest BCUT2D eigenvalue weighted by atomic mass is 10.2. The van der Waals surface area contributed by atoms with E-state index < -0.39 is 5.97 Å². The predicted octanol–water partition coefficient (Wildman–Crippen LogP) is 1.87. The number of unbranched alkanes of at least 4 members (excludes halogenated alkanes) is 3. The molecule has 0 aromatic carbocycles. The van der Waals surface area contributed by atoms with E-state index in [1.165, 1.54) is 12.8 Å². The highest BCUT2D eigenvalue weighted by atomic mass is 16.9. The van der Waals surface area contributed by atoms with Crippen molar-refractivity contribution >= 4 is 5.78 Å². The molecule has 4 nitrogen and oxygen atoms in total. The molecule has 0 amide bonds. The van der Waals surface area contributed by atoms with E-state index in [9.17, 15) is 4.79 Å². The molecule has 1 heterocycles. The monoisotopic (exact) mass is 216 g/mol. The van der Waals surface area contributed by atoms with Crippen LogP contribution in [0, 0.1) is 0 Å². The highest BCUT2D eigenvalue weighted by molar-refractivity contribution is 5.81. The Morgan fingerprint density at radius 3 is 2.53 bits per heavy atom. The first-order valence-corrected chi connectivity index (χ1v) is 5.60. The summed E-state index contributed by atoms with van der Waals surface area (Å²) in [5.41, 5.74) is 0. The van der Waals surface area contributed by atoms with Crippen molar-refractivity contribution in [1.82, 2.24) is 0 Å². The molecule has 0 radical (unpaired) electrons. The van der Waals surface area contributed by atoms with Crippen LogP contribution < -0.4 is 0 Å². The minimum absolute atomic E-state index is 0.0398. The van der Waals surface area contributed by atoms with Gasteiger partial charge in [0.05, 0.1) is 6.61 Å². The Kier molecular flexibility index (Phi) is 5.22.